The van der Waals surface area contributed by atoms with Gasteiger partial charge in [0.1, 0.15) is 12.1 Å². The highest BCUT2D eigenvalue weighted by Crippen LogP contribution is 2.40. The zero-order chi connectivity index (χ0) is 19.8. The average Bonchev–Trinajstić information content (AvgIpc) is 3.18. The van der Waals surface area contributed by atoms with Crippen LogP contribution in [0.25, 0.3) is 10.9 Å². The molecule has 0 radical (unpaired) electrons. The third-order valence-electron chi connectivity index (χ3n) is 6.45. The largest absolute Gasteiger partial charge is 0.387 e. The lowest BCUT2D eigenvalue weighted by atomic mass is 9.82. The molecule has 2 aromatic rings. The van der Waals surface area contributed by atoms with E-state index in [9.17, 15) is 19.8 Å². The van der Waals surface area contributed by atoms with E-state index < -0.39 is 29.2 Å². The van der Waals surface area contributed by atoms with Gasteiger partial charge in [0.2, 0.25) is 11.6 Å². The average molecular weight is 381 g/mol. The minimum absolute atomic E-state index is 0.169. The summed E-state index contributed by atoms with van der Waals surface area (Å²) in [5.74, 6) is -0.975. The van der Waals surface area contributed by atoms with Crippen LogP contribution in [0, 0.1) is 0 Å². The molecule has 0 bridgehead atoms. The predicted molar refractivity (Wildman–Crippen MR) is 102 cm³/mol. The third-order valence-corrected chi connectivity index (χ3v) is 6.45. The van der Waals surface area contributed by atoms with Gasteiger partial charge >= 0.3 is 0 Å². The summed E-state index contributed by atoms with van der Waals surface area (Å²) >= 11 is 0. The van der Waals surface area contributed by atoms with E-state index >= 15 is 0 Å². The molecule has 28 heavy (non-hydrogen) atoms. The van der Waals surface area contributed by atoms with Crippen molar-refractivity contribution in [2.24, 2.45) is 0 Å². The number of para-hydroxylation sites is 1. The van der Waals surface area contributed by atoms with Crippen LogP contribution in [0.5, 0.6) is 0 Å². The van der Waals surface area contributed by atoms with Crippen LogP contribution >= 0.6 is 0 Å². The fourth-order valence-electron chi connectivity index (χ4n) is 4.83. The Morgan fingerprint density at radius 1 is 1.21 bits per heavy atom. The maximum Gasteiger partial charge on any atom is 0.283 e. The quantitative estimate of drug-likeness (QED) is 0.634. The van der Waals surface area contributed by atoms with Gasteiger partial charge in [-0.2, -0.15) is 0 Å². The van der Waals surface area contributed by atoms with Crippen LogP contribution in [0.4, 0.5) is 0 Å². The van der Waals surface area contributed by atoms with E-state index in [4.69, 9.17) is 0 Å². The minimum atomic E-state index is -2.18. The number of aromatic amines is 1. The first-order valence-corrected chi connectivity index (χ1v) is 9.59. The molecule has 7 heteroatoms. The molecule has 4 heterocycles. The molecule has 146 valence electrons. The Hall–Kier alpha value is -2.64. The van der Waals surface area contributed by atoms with Crippen molar-refractivity contribution in [3.63, 3.8) is 0 Å². The van der Waals surface area contributed by atoms with Crippen molar-refractivity contribution in [1.29, 1.82) is 0 Å². The second-order valence-corrected chi connectivity index (χ2v) is 8.51. The van der Waals surface area contributed by atoms with Crippen molar-refractivity contribution < 1.29 is 19.8 Å². The van der Waals surface area contributed by atoms with Gasteiger partial charge in [-0.1, -0.05) is 38.1 Å². The van der Waals surface area contributed by atoms with Gasteiger partial charge < -0.3 is 25.0 Å². The first-order valence-electron chi connectivity index (χ1n) is 9.59. The highest BCUT2D eigenvalue weighted by Gasteiger charge is 2.62. The van der Waals surface area contributed by atoms with E-state index in [1.54, 1.807) is 6.20 Å². The Balaban J connectivity index is 1.70. The molecule has 0 aliphatic carbocycles. The summed E-state index contributed by atoms with van der Waals surface area (Å²) in [6, 6.07) is 7.19. The molecule has 2 saturated heterocycles. The van der Waals surface area contributed by atoms with Gasteiger partial charge in [0, 0.05) is 41.2 Å². The molecule has 3 atom stereocenters. The van der Waals surface area contributed by atoms with Gasteiger partial charge in [-0.3, -0.25) is 9.59 Å². The van der Waals surface area contributed by atoms with E-state index in [1.807, 2.05) is 44.2 Å². The molecule has 1 aromatic carbocycles. The summed E-state index contributed by atoms with van der Waals surface area (Å²) in [6.45, 7) is 4.25. The Morgan fingerprint density at radius 2 is 1.96 bits per heavy atom. The standard InChI is InChI=1S/C21H23N3O4/c1-20(2)8-10-23-15(11-13-12-5-3-4-6-14(12)22-17(13)20)18(26)24-9-7-16(25)21(24,28)19(23)27/h3-6,8,10,15-16,22,25,28H,7,9,11H2,1-2H3/t15-,16+,21+/m0/s1. The van der Waals surface area contributed by atoms with E-state index in [-0.39, 0.29) is 18.9 Å². The number of rotatable bonds is 0. The maximum absolute atomic E-state index is 13.2. The number of aliphatic hydroxyl groups excluding tert-OH is 1. The molecule has 2 fully saturated rings. The van der Waals surface area contributed by atoms with Gasteiger partial charge in [-0.05, 0) is 18.1 Å². The van der Waals surface area contributed by atoms with Gasteiger partial charge in [0.05, 0.1) is 0 Å². The highest BCUT2D eigenvalue weighted by atomic mass is 16.4. The van der Waals surface area contributed by atoms with Crippen LogP contribution in [0.2, 0.25) is 0 Å². The molecule has 3 aliphatic heterocycles. The molecule has 0 spiro atoms. The lowest BCUT2D eigenvalue weighted by Crippen LogP contribution is -2.71. The number of carbonyl (C=O) groups is 2. The van der Waals surface area contributed by atoms with Gasteiger partial charge in [-0.15, -0.1) is 0 Å². The molecule has 7 nitrogen and oxygen atoms in total. The van der Waals surface area contributed by atoms with Crippen LogP contribution in [0.1, 0.15) is 31.5 Å². The molecule has 2 amide bonds. The number of H-pyrrole nitrogens is 1. The van der Waals surface area contributed by atoms with Crippen molar-refractivity contribution in [2.45, 2.75) is 50.0 Å². The summed E-state index contributed by atoms with van der Waals surface area (Å²) in [6.07, 6.45) is 2.72. The van der Waals surface area contributed by atoms with Gasteiger partial charge in [0.15, 0.2) is 0 Å². The molecular formula is C21H23N3O4. The van der Waals surface area contributed by atoms with Crippen LogP contribution in [0.3, 0.4) is 0 Å². The lowest BCUT2D eigenvalue weighted by molar-refractivity contribution is -0.202. The Labute approximate surface area is 162 Å². The first kappa shape index (κ1) is 17.5. The minimum Gasteiger partial charge on any atom is -0.387 e. The first-order chi connectivity index (χ1) is 13.2. The smallest absolute Gasteiger partial charge is 0.283 e. The number of benzene rings is 1. The fourth-order valence-corrected chi connectivity index (χ4v) is 4.83. The third kappa shape index (κ3) is 2.06. The summed E-state index contributed by atoms with van der Waals surface area (Å²) < 4.78 is 0. The number of nitrogens with one attached hydrogen (secondary N) is 1. The monoisotopic (exact) mass is 381 g/mol. The van der Waals surface area contributed by atoms with Crippen molar-refractivity contribution in [3.8, 4) is 0 Å². The van der Waals surface area contributed by atoms with Crippen LogP contribution < -0.4 is 0 Å². The second-order valence-electron chi connectivity index (χ2n) is 8.51. The number of allylic oxidation sites excluding steroid dienone is 1. The second kappa shape index (κ2) is 5.46. The van der Waals surface area contributed by atoms with Gasteiger partial charge in [-0.25, -0.2) is 0 Å². The van der Waals surface area contributed by atoms with E-state index in [2.05, 4.69) is 4.98 Å². The van der Waals surface area contributed by atoms with E-state index in [0.29, 0.717) is 6.42 Å². The number of carbonyl (C=O) groups excluding carboxylic acids is 2. The number of aliphatic hydroxyl groups is 2. The van der Waals surface area contributed by atoms with Crippen molar-refractivity contribution in [1.82, 2.24) is 14.8 Å². The summed E-state index contributed by atoms with van der Waals surface area (Å²) in [7, 11) is 0. The van der Waals surface area contributed by atoms with Crippen LogP contribution in [-0.2, 0) is 21.4 Å². The van der Waals surface area contributed by atoms with Crippen LogP contribution in [0.15, 0.2) is 36.5 Å². The van der Waals surface area contributed by atoms with Crippen molar-refractivity contribution in [3.05, 3.63) is 47.8 Å². The summed E-state index contributed by atoms with van der Waals surface area (Å²) in [4.78, 5) is 32.4. The number of amides is 2. The number of hydrogen-bond acceptors (Lipinski definition) is 4. The van der Waals surface area contributed by atoms with E-state index in [0.717, 1.165) is 27.1 Å². The zero-order valence-electron chi connectivity index (χ0n) is 15.8. The Kier molecular flexibility index (Phi) is 3.40. The lowest BCUT2D eigenvalue weighted by Gasteiger charge is -2.47. The predicted octanol–water partition coefficient (Wildman–Crippen LogP) is 1.01. The summed E-state index contributed by atoms with van der Waals surface area (Å²) in [5, 5.41) is 22.2. The topological polar surface area (TPSA) is 96.9 Å². The molecule has 5 rings (SSSR count). The number of piperazine rings is 1. The fraction of sp³-hybridized carbons (Fsp3) is 0.429. The molecule has 0 saturated carbocycles. The van der Waals surface area contributed by atoms with E-state index in [1.165, 1.54) is 4.90 Å². The van der Waals surface area contributed by atoms with Gasteiger partial charge in [0.25, 0.3) is 5.91 Å². The SMILES string of the molecule is CC1(C)C=CN2C(=O)[C@]3(O)[C@H](O)CCN3C(=O)[C@@H]2Cc2c1[nH]c1ccccc21. The zero-order valence-corrected chi connectivity index (χ0v) is 15.8. The molecule has 0 unspecified atom stereocenters. The molecule has 1 aromatic heterocycles. The number of aromatic nitrogens is 1. The molecular weight excluding hydrogens is 358 g/mol. The van der Waals surface area contributed by atoms with Crippen LogP contribution in [-0.4, -0.2) is 61.2 Å². The Bertz CT molecular complexity index is 1040. The molecule has 3 N–H and O–H groups in total. The van der Waals surface area contributed by atoms with Crippen molar-refractivity contribution >= 4 is 22.7 Å². The van der Waals surface area contributed by atoms with Crippen molar-refractivity contribution in [2.75, 3.05) is 6.54 Å². The number of nitrogens with zero attached hydrogens (tertiary/aromatic N) is 2. The summed E-state index contributed by atoms with van der Waals surface area (Å²) in [5.41, 5.74) is 0.435. The highest BCUT2D eigenvalue weighted by molar-refractivity contribution is 6.01. The molecule has 3 aliphatic rings. The Morgan fingerprint density at radius 3 is 2.75 bits per heavy atom. The number of fused-ring (bicyclic) bond motifs is 5. The number of hydrogen-bond donors (Lipinski definition) is 3. The normalized spacial score (nSPS) is 31.4. The maximum atomic E-state index is 13.2.